The van der Waals surface area contributed by atoms with Crippen LogP contribution in [0, 0.1) is 47.3 Å². The maximum Gasteiger partial charge on any atom is 0.0112 e. The van der Waals surface area contributed by atoms with Crippen LogP contribution in [0.15, 0.2) is 0 Å². The number of hydrogen-bond acceptors (Lipinski definition) is 0. The first-order valence-electron chi connectivity index (χ1n) is 11.9. The van der Waals surface area contributed by atoms with Crippen LogP contribution in [0.1, 0.15) is 96.3 Å². The number of hydrogen-bond donors (Lipinski definition) is 0. The van der Waals surface area contributed by atoms with Crippen molar-refractivity contribution in [3.05, 3.63) is 0 Å². The Balaban J connectivity index is 1.20. The molecule has 5 saturated carbocycles. The maximum absolute atomic E-state index is 2.73. The topological polar surface area (TPSA) is 0 Å². The van der Waals surface area contributed by atoms with Gasteiger partial charge in [-0.3, -0.25) is 0 Å². The summed E-state index contributed by atoms with van der Waals surface area (Å²) in [6, 6.07) is 0. The summed E-state index contributed by atoms with van der Waals surface area (Å²) in [7, 11) is 0. The molecule has 0 spiro atoms. The zero-order chi connectivity index (χ0) is 16.8. The molecule has 0 aromatic heterocycles. The SMILES string of the molecule is IC1CCC2CC(C3CCC4C(CCC5CCCCC54)C3)CCC2C1. The minimum Gasteiger partial charge on any atom is -0.0826 e. The molecular weight excluding hydrogens is 415 g/mol. The van der Waals surface area contributed by atoms with Gasteiger partial charge in [0.2, 0.25) is 0 Å². The molecule has 0 saturated heterocycles. The summed E-state index contributed by atoms with van der Waals surface area (Å²) in [5.74, 6) is 9.07. The second-order valence-electron chi connectivity index (χ2n) is 10.8. The standard InChI is InChI=1S/C24H39I/c25-22-11-9-18-13-17(6-7-20(18)15-22)19-10-12-24-21(14-19)8-5-16-3-1-2-4-23(16)24/h16-24H,1-15H2. The average molecular weight is 454 g/mol. The van der Waals surface area contributed by atoms with Crippen molar-refractivity contribution < 1.29 is 0 Å². The Morgan fingerprint density at radius 2 is 0.920 bits per heavy atom. The van der Waals surface area contributed by atoms with E-state index in [-0.39, 0.29) is 0 Å². The number of alkyl halides is 1. The first-order chi connectivity index (χ1) is 12.3. The summed E-state index contributed by atoms with van der Waals surface area (Å²) in [4.78, 5) is 0. The summed E-state index contributed by atoms with van der Waals surface area (Å²) < 4.78 is 0.997. The molecule has 0 N–H and O–H groups in total. The van der Waals surface area contributed by atoms with E-state index in [0.717, 1.165) is 51.3 Å². The van der Waals surface area contributed by atoms with Crippen molar-refractivity contribution >= 4 is 22.6 Å². The van der Waals surface area contributed by atoms with Crippen LogP contribution in [-0.4, -0.2) is 3.92 Å². The third kappa shape index (κ3) is 3.58. The zero-order valence-electron chi connectivity index (χ0n) is 16.2. The zero-order valence-corrected chi connectivity index (χ0v) is 18.3. The van der Waals surface area contributed by atoms with Crippen molar-refractivity contribution in [1.29, 1.82) is 0 Å². The minimum atomic E-state index is 0.997. The molecule has 142 valence electrons. The van der Waals surface area contributed by atoms with Crippen LogP contribution in [0.3, 0.4) is 0 Å². The first kappa shape index (κ1) is 17.8. The van der Waals surface area contributed by atoms with E-state index in [4.69, 9.17) is 0 Å². The van der Waals surface area contributed by atoms with Gasteiger partial charge in [-0.2, -0.15) is 0 Å². The molecule has 0 nitrogen and oxygen atoms in total. The highest BCUT2D eigenvalue weighted by molar-refractivity contribution is 14.1. The molecule has 0 aromatic carbocycles. The quantitative estimate of drug-likeness (QED) is 0.282. The van der Waals surface area contributed by atoms with Gasteiger partial charge in [0.15, 0.2) is 0 Å². The fourth-order valence-corrected chi connectivity index (χ4v) is 9.54. The summed E-state index contributed by atoms with van der Waals surface area (Å²) >= 11 is 2.73. The molecule has 5 aliphatic carbocycles. The summed E-state index contributed by atoms with van der Waals surface area (Å²) in [5.41, 5.74) is 0. The van der Waals surface area contributed by atoms with E-state index in [2.05, 4.69) is 22.6 Å². The molecule has 9 unspecified atom stereocenters. The lowest BCUT2D eigenvalue weighted by Crippen LogP contribution is -2.42. The Morgan fingerprint density at radius 1 is 0.400 bits per heavy atom. The minimum absolute atomic E-state index is 0.997. The normalized spacial score (nSPS) is 53.4. The van der Waals surface area contributed by atoms with Crippen LogP contribution in [0.5, 0.6) is 0 Å². The Bertz CT molecular complexity index is 459. The van der Waals surface area contributed by atoms with Crippen molar-refractivity contribution in [3.63, 3.8) is 0 Å². The third-order valence-electron chi connectivity index (χ3n) is 9.76. The lowest BCUT2D eigenvalue weighted by molar-refractivity contribution is -0.0107. The van der Waals surface area contributed by atoms with Gasteiger partial charge in [-0.15, -0.1) is 0 Å². The van der Waals surface area contributed by atoms with Crippen LogP contribution in [0.2, 0.25) is 0 Å². The molecule has 5 aliphatic rings. The van der Waals surface area contributed by atoms with Crippen LogP contribution in [-0.2, 0) is 0 Å². The van der Waals surface area contributed by atoms with Crippen molar-refractivity contribution in [2.24, 2.45) is 47.3 Å². The lowest BCUT2D eigenvalue weighted by Gasteiger charge is -2.51. The van der Waals surface area contributed by atoms with Crippen LogP contribution in [0.25, 0.3) is 0 Å². The molecule has 0 bridgehead atoms. The van der Waals surface area contributed by atoms with E-state index in [0.29, 0.717) is 0 Å². The largest absolute Gasteiger partial charge is 0.0826 e. The molecule has 0 aliphatic heterocycles. The van der Waals surface area contributed by atoms with Gasteiger partial charge in [-0.05, 0) is 124 Å². The van der Waals surface area contributed by atoms with Crippen LogP contribution >= 0.6 is 22.6 Å². The smallest absolute Gasteiger partial charge is 0.0112 e. The van der Waals surface area contributed by atoms with Gasteiger partial charge < -0.3 is 0 Å². The van der Waals surface area contributed by atoms with Gasteiger partial charge in [-0.1, -0.05) is 41.9 Å². The van der Waals surface area contributed by atoms with Gasteiger partial charge in [0.25, 0.3) is 0 Å². The highest BCUT2D eigenvalue weighted by atomic mass is 127. The fraction of sp³-hybridized carbons (Fsp3) is 1.00. The number of rotatable bonds is 1. The molecule has 0 radical (unpaired) electrons. The fourth-order valence-electron chi connectivity index (χ4n) is 8.53. The number of fused-ring (bicyclic) bond motifs is 4. The second-order valence-corrected chi connectivity index (χ2v) is 12.5. The molecule has 0 heterocycles. The van der Waals surface area contributed by atoms with Crippen LogP contribution in [0.4, 0.5) is 0 Å². The van der Waals surface area contributed by atoms with Crippen LogP contribution < -0.4 is 0 Å². The number of halogens is 1. The highest BCUT2D eigenvalue weighted by Gasteiger charge is 2.45. The molecular formula is C24H39I. The summed E-state index contributed by atoms with van der Waals surface area (Å²) in [6.45, 7) is 0. The van der Waals surface area contributed by atoms with Crippen molar-refractivity contribution in [2.75, 3.05) is 0 Å². The van der Waals surface area contributed by atoms with Gasteiger partial charge in [0, 0.05) is 3.92 Å². The molecule has 1 heteroatoms. The van der Waals surface area contributed by atoms with Gasteiger partial charge in [0.05, 0.1) is 0 Å². The van der Waals surface area contributed by atoms with Crippen molar-refractivity contribution in [2.45, 2.75) is 100 Å². The van der Waals surface area contributed by atoms with Crippen molar-refractivity contribution in [3.8, 4) is 0 Å². The maximum atomic E-state index is 2.73. The monoisotopic (exact) mass is 454 g/mol. The highest BCUT2D eigenvalue weighted by Crippen LogP contribution is 2.55. The van der Waals surface area contributed by atoms with E-state index in [1.54, 1.807) is 89.9 Å². The molecule has 5 fully saturated rings. The first-order valence-corrected chi connectivity index (χ1v) is 13.2. The van der Waals surface area contributed by atoms with Gasteiger partial charge >= 0.3 is 0 Å². The predicted octanol–water partition coefficient (Wildman–Crippen LogP) is 7.64. The van der Waals surface area contributed by atoms with Crippen molar-refractivity contribution in [1.82, 2.24) is 0 Å². The third-order valence-corrected chi connectivity index (χ3v) is 10.9. The Hall–Kier alpha value is 0.730. The molecule has 25 heavy (non-hydrogen) atoms. The van der Waals surface area contributed by atoms with Gasteiger partial charge in [0.1, 0.15) is 0 Å². The predicted molar refractivity (Wildman–Crippen MR) is 115 cm³/mol. The van der Waals surface area contributed by atoms with E-state index < -0.39 is 0 Å². The lowest BCUT2D eigenvalue weighted by atomic mass is 9.54. The molecule has 5 rings (SSSR count). The summed E-state index contributed by atoms with van der Waals surface area (Å²) in [5, 5.41) is 0. The second kappa shape index (κ2) is 7.63. The Labute approximate surface area is 169 Å². The molecule has 9 atom stereocenters. The van der Waals surface area contributed by atoms with Gasteiger partial charge in [-0.25, -0.2) is 0 Å². The van der Waals surface area contributed by atoms with E-state index in [1.165, 1.54) is 6.42 Å². The average Bonchev–Trinajstić information content (AvgIpc) is 2.67. The molecule has 0 aromatic rings. The summed E-state index contributed by atoms with van der Waals surface area (Å²) in [6.07, 6.45) is 23.8. The Morgan fingerprint density at radius 3 is 1.76 bits per heavy atom. The molecule has 0 amide bonds. The van der Waals surface area contributed by atoms with E-state index >= 15 is 0 Å². The Kier molecular flexibility index (Phi) is 5.43. The van der Waals surface area contributed by atoms with E-state index in [1.807, 2.05) is 0 Å². The van der Waals surface area contributed by atoms with E-state index in [9.17, 15) is 0 Å².